The van der Waals surface area contributed by atoms with Crippen molar-refractivity contribution in [3.05, 3.63) is 87.7 Å². The zero-order valence-corrected chi connectivity index (χ0v) is 16.6. The Kier molecular flexibility index (Phi) is 5.98. The molecule has 0 aliphatic rings. The van der Waals surface area contributed by atoms with E-state index in [0.717, 1.165) is 17.7 Å². The predicted octanol–water partition coefficient (Wildman–Crippen LogP) is 5.18. The molecule has 29 heavy (non-hydrogen) atoms. The van der Waals surface area contributed by atoms with Crippen LogP contribution in [0.3, 0.4) is 0 Å². The van der Waals surface area contributed by atoms with Gasteiger partial charge < -0.3 is 4.90 Å². The number of benzene rings is 2. The lowest BCUT2D eigenvalue weighted by atomic mass is 10.1. The Bertz CT molecular complexity index is 999. The normalized spacial score (nSPS) is 11.5. The van der Waals surface area contributed by atoms with Crippen molar-refractivity contribution in [2.24, 2.45) is 0 Å². The molecule has 0 aliphatic heterocycles. The second-order valence-electron chi connectivity index (χ2n) is 6.75. The van der Waals surface area contributed by atoms with Gasteiger partial charge >= 0.3 is 6.18 Å². The lowest BCUT2D eigenvalue weighted by molar-refractivity contribution is -0.137. The second-order valence-corrected chi connectivity index (χ2v) is 7.11. The van der Waals surface area contributed by atoms with E-state index in [1.54, 1.807) is 18.7 Å². The molecule has 8 heteroatoms. The monoisotopic (exact) mass is 421 g/mol. The Labute approximate surface area is 171 Å². The summed E-state index contributed by atoms with van der Waals surface area (Å²) in [5, 5.41) is 4.60. The van der Waals surface area contributed by atoms with Gasteiger partial charge in [0.15, 0.2) is 0 Å². The third-order valence-corrected chi connectivity index (χ3v) is 4.89. The molecular formula is C21H19ClF3N3O. The van der Waals surface area contributed by atoms with Crippen molar-refractivity contribution in [3.8, 4) is 0 Å². The molecule has 1 amide bonds. The van der Waals surface area contributed by atoms with Crippen LogP contribution in [-0.4, -0.2) is 27.6 Å². The molecule has 1 aromatic heterocycles. The van der Waals surface area contributed by atoms with Gasteiger partial charge in [-0.15, -0.1) is 0 Å². The van der Waals surface area contributed by atoms with E-state index < -0.39 is 11.7 Å². The molecule has 0 unspecified atom stereocenters. The number of hydrogen-bond acceptors (Lipinski definition) is 2. The largest absolute Gasteiger partial charge is 0.416 e. The summed E-state index contributed by atoms with van der Waals surface area (Å²) >= 11 is 6.42. The minimum absolute atomic E-state index is 0.149. The van der Waals surface area contributed by atoms with Crippen LogP contribution in [0.15, 0.2) is 54.6 Å². The van der Waals surface area contributed by atoms with Crippen LogP contribution >= 0.6 is 11.6 Å². The highest BCUT2D eigenvalue weighted by atomic mass is 35.5. The van der Waals surface area contributed by atoms with Gasteiger partial charge in [-0.25, -0.2) is 4.68 Å². The van der Waals surface area contributed by atoms with Gasteiger partial charge in [0.25, 0.3) is 5.91 Å². The summed E-state index contributed by atoms with van der Waals surface area (Å²) < 4.78 is 39.6. The maximum absolute atomic E-state index is 12.9. The first-order valence-corrected chi connectivity index (χ1v) is 9.23. The number of carbonyl (C=O) groups excluding carboxylic acids is 1. The topological polar surface area (TPSA) is 38.1 Å². The number of nitrogens with zero attached hydrogens (tertiary/aromatic N) is 3. The molecule has 0 atom stereocenters. The van der Waals surface area contributed by atoms with E-state index in [0.29, 0.717) is 17.8 Å². The molecule has 4 nitrogen and oxygen atoms in total. The van der Waals surface area contributed by atoms with Crippen LogP contribution in [0, 0.1) is 6.92 Å². The number of rotatable bonds is 5. The van der Waals surface area contributed by atoms with Crippen molar-refractivity contribution < 1.29 is 18.0 Å². The van der Waals surface area contributed by atoms with E-state index >= 15 is 0 Å². The Hall–Kier alpha value is -2.80. The third-order valence-electron chi connectivity index (χ3n) is 4.50. The summed E-state index contributed by atoms with van der Waals surface area (Å²) in [6, 6.07) is 14.3. The molecule has 3 rings (SSSR count). The van der Waals surface area contributed by atoms with E-state index in [1.807, 2.05) is 30.3 Å². The summed E-state index contributed by atoms with van der Waals surface area (Å²) in [5.74, 6) is -0.341. The zero-order valence-electron chi connectivity index (χ0n) is 15.9. The minimum Gasteiger partial charge on any atom is -0.337 e. The highest BCUT2D eigenvalue weighted by molar-refractivity contribution is 6.33. The van der Waals surface area contributed by atoms with Gasteiger partial charge in [-0.1, -0.05) is 54.1 Å². The van der Waals surface area contributed by atoms with Crippen LogP contribution in [0.1, 0.15) is 32.7 Å². The van der Waals surface area contributed by atoms with Crippen LogP contribution in [0.5, 0.6) is 0 Å². The first kappa shape index (κ1) is 20.9. The molecule has 3 aromatic rings. The van der Waals surface area contributed by atoms with Crippen LogP contribution in [0.25, 0.3) is 0 Å². The van der Waals surface area contributed by atoms with Gasteiger partial charge in [0, 0.05) is 13.6 Å². The predicted molar refractivity (Wildman–Crippen MR) is 105 cm³/mol. The number of amides is 1. The number of alkyl halides is 3. The van der Waals surface area contributed by atoms with Crippen LogP contribution in [0.2, 0.25) is 5.15 Å². The number of aromatic nitrogens is 2. The molecule has 0 N–H and O–H groups in total. The highest BCUT2D eigenvalue weighted by Gasteiger charge is 2.30. The average Bonchev–Trinajstić information content (AvgIpc) is 2.95. The van der Waals surface area contributed by atoms with Crippen molar-refractivity contribution in [3.63, 3.8) is 0 Å². The smallest absolute Gasteiger partial charge is 0.337 e. The number of carbonyl (C=O) groups is 1. The number of aryl methyl sites for hydroxylation is 1. The maximum atomic E-state index is 12.9. The van der Waals surface area contributed by atoms with Gasteiger partial charge in [0.05, 0.1) is 23.4 Å². The lowest BCUT2D eigenvalue weighted by Crippen LogP contribution is -2.26. The molecule has 0 aliphatic carbocycles. The second kappa shape index (κ2) is 8.29. The molecule has 1 heterocycles. The fraction of sp³-hybridized carbons (Fsp3) is 0.238. The van der Waals surface area contributed by atoms with Crippen molar-refractivity contribution in [2.45, 2.75) is 26.2 Å². The van der Waals surface area contributed by atoms with Gasteiger partial charge in [-0.05, 0) is 30.2 Å². The van der Waals surface area contributed by atoms with E-state index in [2.05, 4.69) is 5.10 Å². The average molecular weight is 422 g/mol. The molecule has 0 fully saturated rings. The Morgan fingerprint density at radius 1 is 1.07 bits per heavy atom. The van der Waals surface area contributed by atoms with Gasteiger partial charge in [0.2, 0.25) is 0 Å². The molecule has 0 saturated carbocycles. The molecule has 0 saturated heterocycles. The molecule has 2 aromatic carbocycles. The SMILES string of the molecule is Cc1nn(Cc2ccccc2)c(Cl)c1C(=O)N(C)Cc1ccc(C(F)(F)F)cc1. The van der Waals surface area contributed by atoms with Crippen molar-refractivity contribution in [1.29, 1.82) is 0 Å². The fourth-order valence-corrected chi connectivity index (χ4v) is 3.31. The maximum Gasteiger partial charge on any atom is 0.416 e. The Balaban J connectivity index is 1.76. The van der Waals surface area contributed by atoms with Crippen molar-refractivity contribution >= 4 is 17.5 Å². The number of hydrogen-bond donors (Lipinski definition) is 0. The molecule has 152 valence electrons. The lowest BCUT2D eigenvalue weighted by Gasteiger charge is -2.18. The molecule has 0 spiro atoms. The Morgan fingerprint density at radius 3 is 2.28 bits per heavy atom. The van der Waals surface area contributed by atoms with Crippen molar-refractivity contribution in [2.75, 3.05) is 7.05 Å². The van der Waals surface area contributed by atoms with Crippen LogP contribution in [0.4, 0.5) is 13.2 Å². The van der Waals surface area contributed by atoms with Gasteiger partial charge in [0.1, 0.15) is 5.15 Å². The first-order chi connectivity index (χ1) is 13.7. The van der Waals surface area contributed by atoms with Gasteiger partial charge in [-0.2, -0.15) is 18.3 Å². The van der Waals surface area contributed by atoms with Crippen LogP contribution < -0.4 is 0 Å². The zero-order chi connectivity index (χ0) is 21.2. The van der Waals surface area contributed by atoms with E-state index in [4.69, 9.17) is 11.6 Å². The first-order valence-electron chi connectivity index (χ1n) is 8.85. The van der Waals surface area contributed by atoms with E-state index in [1.165, 1.54) is 17.0 Å². The fourth-order valence-electron chi connectivity index (χ4n) is 2.99. The quantitative estimate of drug-likeness (QED) is 0.569. The summed E-state index contributed by atoms with van der Waals surface area (Å²) in [5.41, 5.74) is 1.64. The minimum atomic E-state index is -4.39. The Morgan fingerprint density at radius 2 is 1.69 bits per heavy atom. The summed E-state index contributed by atoms with van der Waals surface area (Å²) in [6.45, 7) is 2.28. The van der Waals surface area contributed by atoms with E-state index in [-0.39, 0.29) is 23.2 Å². The highest BCUT2D eigenvalue weighted by Crippen LogP contribution is 2.29. The van der Waals surface area contributed by atoms with Gasteiger partial charge in [-0.3, -0.25) is 4.79 Å². The summed E-state index contributed by atoms with van der Waals surface area (Å²) in [7, 11) is 1.57. The third kappa shape index (κ3) is 4.79. The molecular weight excluding hydrogens is 403 g/mol. The summed E-state index contributed by atoms with van der Waals surface area (Å²) in [6.07, 6.45) is -4.39. The standard InChI is InChI=1S/C21H19ClF3N3O/c1-14-18(19(22)28(26-14)13-15-6-4-3-5-7-15)20(29)27(2)12-16-8-10-17(11-9-16)21(23,24)25/h3-11H,12-13H2,1-2H3. The summed E-state index contributed by atoms with van der Waals surface area (Å²) in [4.78, 5) is 14.3. The number of halogens is 4. The van der Waals surface area contributed by atoms with Crippen molar-refractivity contribution in [1.82, 2.24) is 14.7 Å². The van der Waals surface area contributed by atoms with Crippen LogP contribution in [-0.2, 0) is 19.3 Å². The molecule has 0 bridgehead atoms. The molecule has 0 radical (unpaired) electrons. The van der Waals surface area contributed by atoms with E-state index in [9.17, 15) is 18.0 Å².